The molecule has 4 rings (SSSR count). The Balaban J connectivity index is 1.24. The van der Waals surface area contributed by atoms with Crippen LogP contribution in [0.1, 0.15) is 32.1 Å². The van der Waals surface area contributed by atoms with E-state index in [1.807, 2.05) is 12.2 Å². The normalized spacial score (nSPS) is 44.5. The summed E-state index contributed by atoms with van der Waals surface area (Å²) < 4.78 is 10.6. The molecule has 120 valence electrons. The van der Waals surface area contributed by atoms with Crippen LogP contribution in [0.4, 0.5) is 0 Å². The number of aliphatic hydroxyl groups excluding tert-OH is 1. The van der Waals surface area contributed by atoms with Gasteiger partial charge in [0.2, 0.25) is 0 Å². The van der Waals surface area contributed by atoms with Crippen molar-refractivity contribution in [1.82, 2.24) is 0 Å². The molecule has 0 saturated heterocycles. The third-order valence-electron chi connectivity index (χ3n) is 6.00. The lowest BCUT2D eigenvalue weighted by Gasteiger charge is -2.22. The minimum absolute atomic E-state index is 0.0252. The Morgan fingerprint density at radius 1 is 1.14 bits per heavy atom. The largest absolute Gasteiger partial charge is 0.460 e. The molecule has 4 aliphatic rings. The van der Waals surface area contributed by atoms with Crippen LogP contribution in [0.25, 0.3) is 0 Å². The van der Waals surface area contributed by atoms with Gasteiger partial charge in [-0.1, -0.05) is 12.2 Å². The molecule has 7 unspecified atom stereocenters. The summed E-state index contributed by atoms with van der Waals surface area (Å²) in [6, 6.07) is 0. The Labute approximate surface area is 129 Å². The molecule has 1 N–H and O–H groups in total. The van der Waals surface area contributed by atoms with Crippen LogP contribution < -0.4 is 0 Å². The molecule has 0 aliphatic heterocycles. The highest BCUT2D eigenvalue weighted by atomic mass is 16.6. The lowest BCUT2D eigenvalue weighted by atomic mass is 9.94. The van der Waals surface area contributed by atoms with Gasteiger partial charge in [0, 0.05) is 11.8 Å². The van der Waals surface area contributed by atoms with E-state index < -0.39 is 12.1 Å². The Kier molecular flexibility index (Phi) is 3.48. The van der Waals surface area contributed by atoms with Crippen molar-refractivity contribution < 1.29 is 24.2 Å². The van der Waals surface area contributed by atoms with E-state index in [-0.39, 0.29) is 36.4 Å². The number of esters is 2. The van der Waals surface area contributed by atoms with Crippen molar-refractivity contribution in [2.75, 3.05) is 6.61 Å². The average Bonchev–Trinajstić information content (AvgIpc) is 3.26. The van der Waals surface area contributed by atoms with Crippen LogP contribution in [0.3, 0.4) is 0 Å². The fraction of sp³-hybridized carbons (Fsp3) is 0.765. The maximum absolute atomic E-state index is 12.1. The Bertz CT molecular complexity index is 513. The molecule has 0 aromatic carbocycles. The molecule has 4 bridgehead atoms. The van der Waals surface area contributed by atoms with Crippen molar-refractivity contribution in [3.8, 4) is 0 Å². The second-order valence-electron chi connectivity index (χ2n) is 7.27. The molecular formula is C17H22O5. The molecule has 0 aromatic heterocycles. The van der Waals surface area contributed by atoms with E-state index in [0.29, 0.717) is 18.3 Å². The van der Waals surface area contributed by atoms with E-state index in [4.69, 9.17) is 9.47 Å². The maximum atomic E-state index is 12.1. The van der Waals surface area contributed by atoms with E-state index in [0.717, 1.165) is 12.8 Å². The first kappa shape index (κ1) is 14.2. The zero-order valence-corrected chi connectivity index (χ0v) is 12.5. The number of carbonyl (C=O) groups is 2. The number of rotatable bonds is 4. The topological polar surface area (TPSA) is 72.8 Å². The van der Waals surface area contributed by atoms with Crippen LogP contribution in [0.5, 0.6) is 0 Å². The zero-order valence-electron chi connectivity index (χ0n) is 12.5. The predicted octanol–water partition coefficient (Wildman–Crippen LogP) is 1.44. The smallest absolute Gasteiger partial charge is 0.344 e. The first-order valence-corrected chi connectivity index (χ1v) is 8.34. The summed E-state index contributed by atoms with van der Waals surface area (Å²) in [6.07, 6.45) is 8.56. The Hall–Kier alpha value is -1.36. The molecule has 5 heteroatoms. The SMILES string of the molecule is O=C(COC(=O)C1CC2C=CC1C2O)OC1CC2CCC1C2. The van der Waals surface area contributed by atoms with Gasteiger partial charge in [-0.05, 0) is 43.9 Å². The molecule has 0 spiro atoms. The van der Waals surface area contributed by atoms with Gasteiger partial charge in [0.25, 0.3) is 0 Å². The highest BCUT2D eigenvalue weighted by molar-refractivity contribution is 5.79. The van der Waals surface area contributed by atoms with Crippen LogP contribution in [0.2, 0.25) is 0 Å². The fourth-order valence-corrected chi connectivity index (χ4v) is 4.85. The standard InChI is InChI=1S/C17H22O5/c18-15(22-14-6-9-1-2-10(14)5-9)8-21-17(20)13-7-11-3-4-12(13)16(11)19/h3-4,9-14,16,19H,1-2,5-8H2. The number of fused-ring (bicyclic) bond motifs is 4. The Morgan fingerprint density at radius 3 is 2.59 bits per heavy atom. The minimum atomic E-state index is -0.474. The zero-order chi connectivity index (χ0) is 15.3. The van der Waals surface area contributed by atoms with Crippen LogP contribution in [-0.4, -0.2) is 35.9 Å². The molecule has 0 aromatic rings. The highest BCUT2D eigenvalue weighted by Gasteiger charge is 2.48. The number of hydrogen-bond acceptors (Lipinski definition) is 5. The summed E-state index contributed by atoms with van der Waals surface area (Å²) in [6.45, 7) is -0.305. The number of aliphatic hydroxyl groups is 1. The van der Waals surface area contributed by atoms with Gasteiger partial charge >= 0.3 is 11.9 Å². The minimum Gasteiger partial charge on any atom is -0.460 e. The van der Waals surface area contributed by atoms with E-state index in [2.05, 4.69) is 0 Å². The maximum Gasteiger partial charge on any atom is 0.344 e. The van der Waals surface area contributed by atoms with Crippen molar-refractivity contribution in [2.24, 2.45) is 29.6 Å². The quantitative estimate of drug-likeness (QED) is 0.628. The van der Waals surface area contributed by atoms with Crippen LogP contribution in [0, 0.1) is 29.6 Å². The highest BCUT2D eigenvalue weighted by Crippen LogP contribution is 2.46. The third-order valence-corrected chi connectivity index (χ3v) is 6.00. The average molecular weight is 306 g/mol. The van der Waals surface area contributed by atoms with Gasteiger partial charge in [-0.25, -0.2) is 4.79 Å². The number of ether oxygens (including phenoxy) is 2. The summed E-state index contributed by atoms with van der Waals surface area (Å²) in [4.78, 5) is 23.9. The van der Waals surface area contributed by atoms with Gasteiger partial charge in [0.1, 0.15) is 6.10 Å². The van der Waals surface area contributed by atoms with Crippen LogP contribution in [-0.2, 0) is 19.1 Å². The molecule has 4 aliphatic carbocycles. The molecule has 0 radical (unpaired) electrons. The van der Waals surface area contributed by atoms with Gasteiger partial charge in [-0.2, -0.15) is 0 Å². The second kappa shape index (κ2) is 5.37. The number of hydrogen-bond donors (Lipinski definition) is 1. The summed E-state index contributed by atoms with van der Waals surface area (Å²) in [5.41, 5.74) is 0. The van der Waals surface area contributed by atoms with Crippen molar-refractivity contribution in [3.63, 3.8) is 0 Å². The van der Waals surface area contributed by atoms with Gasteiger partial charge in [0.05, 0.1) is 12.0 Å². The van der Waals surface area contributed by atoms with Gasteiger partial charge in [-0.3, -0.25) is 4.79 Å². The van der Waals surface area contributed by atoms with Crippen molar-refractivity contribution in [3.05, 3.63) is 12.2 Å². The molecular weight excluding hydrogens is 284 g/mol. The predicted molar refractivity (Wildman–Crippen MR) is 76.5 cm³/mol. The fourth-order valence-electron chi connectivity index (χ4n) is 4.85. The molecule has 5 nitrogen and oxygen atoms in total. The molecule has 0 amide bonds. The van der Waals surface area contributed by atoms with Crippen molar-refractivity contribution in [2.45, 2.75) is 44.3 Å². The van der Waals surface area contributed by atoms with Crippen LogP contribution in [0.15, 0.2) is 12.2 Å². The van der Waals surface area contributed by atoms with E-state index >= 15 is 0 Å². The summed E-state index contributed by atoms with van der Waals surface area (Å²) in [5.74, 6) is -0.0166. The van der Waals surface area contributed by atoms with E-state index in [1.54, 1.807) is 0 Å². The third kappa shape index (κ3) is 2.35. The molecule has 3 fully saturated rings. The van der Waals surface area contributed by atoms with Gasteiger partial charge in [0.15, 0.2) is 6.61 Å². The summed E-state index contributed by atoms with van der Waals surface area (Å²) in [5, 5.41) is 9.91. The van der Waals surface area contributed by atoms with Crippen molar-refractivity contribution in [1.29, 1.82) is 0 Å². The second-order valence-corrected chi connectivity index (χ2v) is 7.27. The summed E-state index contributed by atoms with van der Waals surface area (Å²) in [7, 11) is 0. The van der Waals surface area contributed by atoms with Crippen molar-refractivity contribution >= 4 is 11.9 Å². The lowest BCUT2D eigenvalue weighted by molar-refractivity contribution is -0.166. The van der Waals surface area contributed by atoms with Crippen LogP contribution >= 0.6 is 0 Å². The number of carbonyl (C=O) groups excluding carboxylic acids is 2. The Morgan fingerprint density at radius 2 is 2.00 bits per heavy atom. The lowest BCUT2D eigenvalue weighted by Crippen LogP contribution is -2.29. The first-order valence-electron chi connectivity index (χ1n) is 8.34. The van der Waals surface area contributed by atoms with E-state index in [1.165, 1.54) is 12.8 Å². The first-order chi connectivity index (χ1) is 10.6. The summed E-state index contributed by atoms with van der Waals surface area (Å²) >= 11 is 0. The molecule has 3 saturated carbocycles. The van der Waals surface area contributed by atoms with Gasteiger partial charge < -0.3 is 14.6 Å². The molecule has 7 atom stereocenters. The van der Waals surface area contributed by atoms with E-state index in [9.17, 15) is 14.7 Å². The molecule has 0 heterocycles. The monoisotopic (exact) mass is 306 g/mol. The van der Waals surface area contributed by atoms with Gasteiger partial charge in [-0.15, -0.1) is 0 Å². The molecule has 22 heavy (non-hydrogen) atoms.